The summed E-state index contributed by atoms with van der Waals surface area (Å²) < 4.78 is 18.0. The molecule has 0 aromatic rings. The molecule has 3 rings (SSSR count). The van der Waals surface area contributed by atoms with Crippen molar-refractivity contribution in [1.29, 1.82) is 0 Å². The molecule has 0 radical (unpaired) electrons. The quantitative estimate of drug-likeness (QED) is 0.765. The van der Waals surface area contributed by atoms with E-state index in [0.717, 1.165) is 26.2 Å². The molecule has 1 saturated carbocycles. The van der Waals surface area contributed by atoms with E-state index in [1.807, 2.05) is 4.90 Å². The SMILES string of the molecule is COCCN1C2CCC1CN(C(=O)C1CC(F)C1)C2. The molecule has 0 aromatic carbocycles. The van der Waals surface area contributed by atoms with Crippen molar-refractivity contribution in [2.24, 2.45) is 5.92 Å². The highest BCUT2D eigenvalue weighted by Crippen LogP contribution is 2.35. The van der Waals surface area contributed by atoms with Crippen molar-refractivity contribution in [1.82, 2.24) is 9.80 Å². The van der Waals surface area contributed by atoms with Gasteiger partial charge < -0.3 is 9.64 Å². The Kier molecular flexibility index (Phi) is 3.76. The van der Waals surface area contributed by atoms with Gasteiger partial charge in [-0.15, -0.1) is 0 Å². The number of halogens is 1. The molecular weight excluding hydrogens is 247 g/mol. The first-order valence-electron chi connectivity index (χ1n) is 7.36. The number of carbonyl (C=O) groups excluding carboxylic acids is 1. The molecule has 3 fully saturated rings. The third-order valence-electron chi connectivity index (χ3n) is 4.93. The first-order chi connectivity index (χ1) is 9.19. The Morgan fingerprint density at radius 1 is 1.26 bits per heavy atom. The number of methoxy groups -OCH3 is 1. The molecule has 0 aromatic heterocycles. The number of hydrogen-bond acceptors (Lipinski definition) is 3. The van der Waals surface area contributed by atoms with Gasteiger partial charge in [0, 0.05) is 44.7 Å². The molecule has 0 spiro atoms. The average molecular weight is 270 g/mol. The standard InChI is InChI=1S/C14H23FN2O2/c1-19-5-4-17-12-2-3-13(17)9-16(8-12)14(18)10-6-11(15)7-10/h10-13H,2-9H2,1H3. The normalized spacial score (nSPS) is 38.3. The number of alkyl halides is 1. The lowest BCUT2D eigenvalue weighted by Gasteiger charge is -2.43. The number of piperazine rings is 1. The van der Waals surface area contributed by atoms with Crippen LogP contribution in [0.4, 0.5) is 4.39 Å². The fourth-order valence-corrected chi connectivity index (χ4v) is 3.74. The van der Waals surface area contributed by atoms with Gasteiger partial charge in [0.05, 0.1) is 6.61 Å². The van der Waals surface area contributed by atoms with Crippen LogP contribution in [-0.4, -0.2) is 67.3 Å². The molecule has 108 valence electrons. The van der Waals surface area contributed by atoms with Gasteiger partial charge in [0.2, 0.25) is 5.91 Å². The number of nitrogens with zero attached hydrogens (tertiary/aromatic N) is 2. The van der Waals surface area contributed by atoms with E-state index in [9.17, 15) is 9.18 Å². The minimum Gasteiger partial charge on any atom is -0.383 e. The first-order valence-corrected chi connectivity index (χ1v) is 7.36. The summed E-state index contributed by atoms with van der Waals surface area (Å²) in [5, 5.41) is 0. The first kappa shape index (κ1) is 13.3. The van der Waals surface area contributed by atoms with E-state index in [2.05, 4.69) is 4.90 Å². The summed E-state index contributed by atoms with van der Waals surface area (Å²) >= 11 is 0. The molecule has 3 aliphatic rings. The lowest BCUT2D eigenvalue weighted by atomic mass is 9.82. The number of ether oxygens (including phenoxy) is 1. The fraction of sp³-hybridized carbons (Fsp3) is 0.929. The second kappa shape index (κ2) is 5.37. The Labute approximate surface area is 113 Å². The molecular formula is C14H23FN2O2. The maximum absolute atomic E-state index is 12.9. The lowest BCUT2D eigenvalue weighted by molar-refractivity contribution is -0.144. The second-order valence-electron chi connectivity index (χ2n) is 6.12. The Morgan fingerprint density at radius 3 is 2.42 bits per heavy atom. The van der Waals surface area contributed by atoms with Crippen LogP contribution < -0.4 is 0 Å². The molecule has 2 aliphatic heterocycles. The van der Waals surface area contributed by atoms with Crippen LogP contribution in [0.2, 0.25) is 0 Å². The van der Waals surface area contributed by atoms with Crippen molar-refractivity contribution in [2.45, 2.75) is 43.9 Å². The predicted octanol–water partition coefficient (Wildman–Crippen LogP) is 1.06. The number of likely N-dealkylation sites (tertiary alicyclic amines) is 1. The molecule has 5 heteroatoms. The molecule has 2 atom stereocenters. The van der Waals surface area contributed by atoms with Crippen molar-refractivity contribution in [3.05, 3.63) is 0 Å². The van der Waals surface area contributed by atoms with Gasteiger partial charge in [-0.3, -0.25) is 9.69 Å². The molecule has 0 N–H and O–H groups in total. The minimum atomic E-state index is -0.742. The van der Waals surface area contributed by atoms with Gasteiger partial charge in [-0.05, 0) is 25.7 Å². The summed E-state index contributed by atoms with van der Waals surface area (Å²) in [6.07, 6.45) is 2.49. The third-order valence-corrected chi connectivity index (χ3v) is 4.93. The topological polar surface area (TPSA) is 32.8 Å². The fourth-order valence-electron chi connectivity index (χ4n) is 3.74. The third kappa shape index (κ3) is 2.50. The monoisotopic (exact) mass is 270 g/mol. The maximum Gasteiger partial charge on any atom is 0.226 e. The van der Waals surface area contributed by atoms with Crippen LogP contribution in [0.1, 0.15) is 25.7 Å². The summed E-state index contributed by atoms with van der Waals surface area (Å²) in [5.41, 5.74) is 0. The Bertz CT molecular complexity index is 332. The molecule has 2 bridgehead atoms. The van der Waals surface area contributed by atoms with E-state index in [4.69, 9.17) is 4.74 Å². The number of hydrogen-bond donors (Lipinski definition) is 0. The van der Waals surface area contributed by atoms with Gasteiger partial charge in [0.25, 0.3) is 0 Å². The van der Waals surface area contributed by atoms with Gasteiger partial charge in [0.1, 0.15) is 6.17 Å². The van der Waals surface area contributed by atoms with Crippen LogP contribution in [-0.2, 0) is 9.53 Å². The van der Waals surface area contributed by atoms with E-state index < -0.39 is 6.17 Å². The summed E-state index contributed by atoms with van der Waals surface area (Å²) in [6.45, 7) is 3.37. The van der Waals surface area contributed by atoms with Crippen LogP contribution in [0.25, 0.3) is 0 Å². The van der Waals surface area contributed by atoms with E-state index in [-0.39, 0.29) is 11.8 Å². The van der Waals surface area contributed by atoms with Gasteiger partial charge in [-0.2, -0.15) is 0 Å². The van der Waals surface area contributed by atoms with Gasteiger partial charge in [0.15, 0.2) is 0 Å². The van der Waals surface area contributed by atoms with Crippen molar-refractivity contribution in [3.63, 3.8) is 0 Å². The highest BCUT2D eigenvalue weighted by Gasteiger charge is 2.44. The summed E-state index contributed by atoms with van der Waals surface area (Å²) in [7, 11) is 1.73. The predicted molar refractivity (Wildman–Crippen MR) is 69.6 cm³/mol. The molecule has 1 aliphatic carbocycles. The zero-order chi connectivity index (χ0) is 13.4. The largest absolute Gasteiger partial charge is 0.383 e. The zero-order valence-electron chi connectivity index (χ0n) is 11.6. The summed E-state index contributed by atoms with van der Waals surface area (Å²) in [6, 6.07) is 0.971. The number of rotatable bonds is 4. The van der Waals surface area contributed by atoms with Gasteiger partial charge >= 0.3 is 0 Å². The van der Waals surface area contributed by atoms with E-state index in [1.165, 1.54) is 12.8 Å². The van der Waals surface area contributed by atoms with Crippen molar-refractivity contribution < 1.29 is 13.9 Å². The van der Waals surface area contributed by atoms with Crippen LogP contribution in [0.5, 0.6) is 0 Å². The Morgan fingerprint density at radius 2 is 1.89 bits per heavy atom. The molecule has 4 nitrogen and oxygen atoms in total. The summed E-state index contributed by atoms with van der Waals surface area (Å²) in [4.78, 5) is 16.8. The Balaban J connectivity index is 1.56. The molecule has 19 heavy (non-hydrogen) atoms. The smallest absolute Gasteiger partial charge is 0.226 e. The van der Waals surface area contributed by atoms with Crippen LogP contribution >= 0.6 is 0 Å². The molecule has 2 unspecified atom stereocenters. The van der Waals surface area contributed by atoms with E-state index >= 15 is 0 Å². The average Bonchev–Trinajstić information content (AvgIpc) is 2.60. The molecule has 2 saturated heterocycles. The van der Waals surface area contributed by atoms with Gasteiger partial charge in [-0.25, -0.2) is 4.39 Å². The van der Waals surface area contributed by atoms with Crippen molar-refractivity contribution in [3.8, 4) is 0 Å². The zero-order valence-corrected chi connectivity index (χ0v) is 11.6. The maximum atomic E-state index is 12.9. The Hall–Kier alpha value is -0.680. The van der Waals surface area contributed by atoms with Crippen LogP contribution in [0.3, 0.4) is 0 Å². The van der Waals surface area contributed by atoms with Gasteiger partial charge in [-0.1, -0.05) is 0 Å². The lowest BCUT2D eigenvalue weighted by Crippen LogP contribution is -2.57. The summed E-state index contributed by atoms with van der Waals surface area (Å²) in [5.74, 6) is 0.150. The van der Waals surface area contributed by atoms with Crippen molar-refractivity contribution >= 4 is 5.91 Å². The minimum absolute atomic E-state index is 0.0417. The van der Waals surface area contributed by atoms with E-state index in [1.54, 1.807) is 7.11 Å². The molecule has 1 amide bonds. The number of fused-ring (bicyclic) bond motifs is 2. The highest BCUT2D eigenvalue weighted by molar-refractivity contribution is 5.80. The molecule has 2 heterocycles. The second-order valence-corrected chi connectivity index (χ2v) is 6.12. The van der Waals surface area contributed by atoms with Crippen molar-refractivity contribution in [2.75, 3.05) is 33.4 Å². The number of amides is 1. The highest BCUT2D eigenvalue weighted by atomic mass is 19.1. The van der Waals surface area contributed by atoms with E-state index in [0.29, 0.717) is 24.9 Å². The van der Waals surface area contributed by atoms with Crippen LogP contribution in [0.15, 0.2) is 0 Å². The number of carbonyl (C=O) groups is 1. The van der Waals surface area contributed by atoms with Crippen LogP contribution in [0, 0.1) is 5.92 Å².